The Bertz CT molecular complexity index is 688. The molecule has 0 unspecified atom stereocenters. The van der Waals surface area contributed by atoms with Gasteiger partial charge in [-0.3, -0.25) is 9.88 Å². The number of pyridine rings is 1. The van der Waals surface area contributed by atoms with E-state index in [1.807, 2.05) is 26.0 Å². The molecule has 134 valence electrons. The molecular weight excluding hydrogens is 318 g/mol. The van der Waals surface area contributed by atoms with Crippen molar-refractivity contribution in [3.63, 3.8) is 0 Å². The number of nitrogens with zero attached hydrogens (tertiary/aromatic N) is 3. The predicted molar refractivity (Wildman–Crippen MR) is 92.4 cm³/mol. The predicted octanol–water partition coefficient (Wildman–Crippen LogP) is 2.89. The zero-order valence-corrected chi connectivity index (χ0v) is 14.9. The number of rotatable bonds is 4. The van der Waals surface area contributed by atoms with Gasteiger partial charge < -0.3 is 14.0 Å². The Labute approximate surface area is 148 Å². The van der Waals surface area contributed by atoms with E-state index in [1.165, 1.54) is 5.56 Å². The van der Waals surface area contributed by atoms with E-state index in [9.17, 15) is 0 Å². The van der Waals surface area contributed by atoms with E-state index in [0.717, 1.165) is 56.1 Å². The molecule has 2 aromatic rings. The highest BCUT2D eigenvalue weighted by molar-refractivity contribution is 5.20. The molecule has 1 atom stereocenters. The molecule has 0 N–H and O–H groups in total. The Morgan fingerprint density at radius 3 is 2.84 bits per heavy atom. The topological polar surface area (TPSA) is 60.6 Å². The van der Waals surface area contributed by atoms with Gasteiger partial charge in [-0.1, -0.05) is 5.16 Å². The van der Waals surface area contributed by atoms with Gasteiger partial charge in [-0.15, -0.1) is 0 Å². The van der Waals surface area contributed by atoms with Crippen LogP contribution in [0.3, 0.4) is 0 Å². The lowest BCUT2D eigenvalue weighted by atomic mass is 9.87. The minimum absolute atomic E-state index is 0.0257. The Hall–Kier alpha value is -1.92. The number of aryl methyl sites for hydroxylation is 2. The molecule has 0 aliphatic carbocycles. The van der Waals surface area contributed by atoms with Gasteiger partial charge in [0.15, 0.2) is 0 Å². The second kappa shape index (κ2) is 6.77. The fourth-order valence-electron chi connectivity index (χ4n) is 3.91. The van der Waals surface area contributed by atoms with Crippen LogP contribution in [-0.2, 0) is 11.3 Å². The first kappa shape index (κ1) is 16.5. The van der Waals surface area contributed by atoms with Crippen LogP contribution in [-0.4, -0.2) is 46.4 Å². The van der Waals surface area contributed by atoms with Gasteiger partial charge in [0.25, 0.3) is 0 Å². The molecule has 6 heteroatoms. The van der Waals surface area contributed by atoms with Crippen LogP contribution in [0.15, 0.2) is 29.0 Å². The highest BCUT2D eigenvalue weighted by atomic mass is 16.6. The van der Waals surface area contributed by atoms with Crippen LogP contribution in [0.25, 0.3) is 0 Å². The molecule has 2 fully saturated rings. The summed E-state index contributed by atoms with van der Waals surface area (Å²) in [6.07, 6.45) is 6.69. The summed E-state index contributed by atoms with van der Waals surface area (Å²) in [7, 11) is 0. The van der Waals surface area contributed by atoms with Gasteiger partial charge in [-0.25, -0.2) is 0 Å². The highest BCUT2D eigenvalue weighted by Crippen LogP contribution is 2.37. The molecule has 4 rings (SSSR count). The first-order valence-corrected chi connectivity index (χ1v) is 8.98. The van der Waals surface area contributed by atoms with Gasteiger partial charge in [0, 0.05) is 37.8 Å². The number of hydrogen-bond donors (Lipinski definition) is 0. The van der Waals surface area contributed by atoms with Crippen LogP contribution in [0.5, 0.6) is 5.75 Å². The Kier molecular flexibility index (Phi) is 4.48. The molecule has 2 aliphatic rings. The van der Waals surface area contributed by atoms with E-state index < -0.39 is 0 Å². The summed E-state index contributed by atoms with van der Waals surface area (Å²) in [5.74, 6) is 1.75. The van der Waals surface area contributed by atoms with E-state index in [-0.39, 0.29) is 11.7 Å². The quantitative estimate of drug-likeness (QED) is 0.851. The first-order chi connectivity index (χ1) is 12.1. The fraction of sp³-hybridized carbons (Fsp3) is 0.579. The third-order valence-corrected chi connectivity index (χ3v) is 5.44. The molecule has 0 radical (unpaired) electrons. The van der Waals surface area contributed by atoms with E-state index in [1.54, 1.807) is 12.4 Å². The molecule has 4 heterocycles. The second-order valence-electron chi connectivity index (χ2n) is 7.21. The van der Waals surface area contributed by atoms with E-state index in [4.69, 9.17) is 14.0 Å². The average molecular weight is 343 g/mol. The molecule has 0 bridgehead atoms. The molecule has 0 amide bonds. The minimum atomic E-state index is -0.0257. The highest BCUT2D eigenvalue weighted by Gasteiger charge is 2.43. The van der Waals surface area contributed by atoms with Crippen molar-refractivity contribution in [3.8, 4) is 5.75 Å². The van der Waals surface area contributed by atoms with Crippen LogP contribution in [0, 0.1) is 13.8 Å². The van der Waals surface area contributed by atoms with E-state index >= 15 is 0 Å². The van der Waals surface area contributed by atoms with Crippen LogP contribution in [0.2, 0.25) is 0 Å². The molecule has 25 heavy (non-hydrogen) atoms. The Morgan fingerprint density at radius 2 is 2.16 bits per heavy atom. The maximum absolute atomic E-state index is 6.19. The minimum Gasteiger partial charge on any atom is -0.486 e. The summed E-state index contributed by atoms with van der Waals surface area (Å²) >= 11 is 0. The third-order valence-electron chi connectivity index (χ3n) is 5.44. The standard InChI is InChI=1S/C19H25N3O3/c1-14-18(15(2)25-21-14)12-22-8-5-19(6-9-22)10-17(13-23-19)24-16-4-3-7-20-11-16/h3-4,7,11,17H,5-6,8-10,12-13H2,1-2H3/t17-/m1/s1. The summed E-state index contributed by atoms with van der Waals surface area (Å²) in [4.78, 5) is 6.57. The second-order valence-corrected chi connectivity index (χ2v) is 7.21. The molecule has 1 spiro atoms. The fourth-order valence-corrected chi connectivity index (χ4v) is 3.91. The van der Waals surface area contributed by atoms with Crippen molar-refractivity contribution in [3.05, 3.63) is 41.5 Å². The van der Waals surface area contributed by atoms with Crippen molar-refractivity contribution in [2.45, 2.75) is 51.4 Å². The van der Waals surface area contributed by atoms with Crippen molar-refractivity contribution in [1.29, 1.82) is 0 Å². The molecule has 2 aromatic heterocycles. The smallest absolute Gasteiger partial charge is 0.138 e. The van der Waals surface area contributed by atoms with Gasteiger partial charge in [0.05, 0.1) is 24.1 Å². The Morgan fingerprint density at radius 1 is 1.32 bits per heavy atom. The maximum atomic E-state index is 6.19. The normalized spacial score (nSPS) is 23.2. The average Bonchev–Trinajstić information content (AvgIpc) is 3.16. The Balaban J connectivity index is 1.31. The molecular formula is C19H25N3O3. The zero-order valence-electron chi connectivity index (χ0n) is 14.9. The van der Waals surface area contributed by atoms with Crippen molar-refractivity contribution < 1.29 is 14.0 Å². The van der Waals surface area contributed by atoms with Crippen molar-refractivity contribution in [1.82, 2.24) is 15.0 Å². The molecule has 6 nitrogen and oxygen atoms in total. The van der Waals surface area contributed by atoms with Gasteiger partial charge in [0.1, 0.15) is 17.6 Å². The van der Waals surface area contributed by atoms with Gasteiger partial charge in [-0.2, -0.15) is 0 Å². The first-order valence-electron chi connectivity index (χ1n) is 8.98. The summed E-state index contributed by atoms with van der Waals surface area (Å²) < 4.78 is 17.5. The summed E-state index contributed by atoms with van der Waals surface area (Å²) in [5, 5.41) is 4.05. The van der Waals surface area contributed by atoms with Crippen LogP contribution in [0.1, 0.15) is 36.3 Å². The monoisotopic (exact) mass is 343 g/mol. The van der Waals surface area contributed by atoms with Crippen molar-refractivity contribution in [2.75, 3.05) is 19.7 Å². The third kappa shape index (κ3) is 3.55. The van der Waals surface area contributed by atoms with Crippen molar-refractivity contribution in [2.24, 2.45) is 0 Å². The molecule has 0 saturated carbocycles. The molecule has 2 aliphatic heterocycles. The van der Waals surface area contributed by atoms with E-state index in [0.29, 0.717) is 6.61 Å². The van der Waals surface area contributed by atoms with E-state index in [2.05, 4.69) is 15.0 Å². The molecule has 2 saturated heterocycles. The maximum Gasteiger partial charge on any atom is 0.138 e. The SMILES string of the molecule is Cc1noc(C)c1CN1CCC2(CC1)C[C@@H](Oc1cccnc1)CO2. The van der Waals surface area contributed by atoms with Gasteiger partial charge in [-0.05, 0) is 38.8 Å². The lowest BCUT2D eigenvalue weighted by molar-refractivity contribution is -0.0455. The number of likely N-dealkylation sites (tertiary alicyclic amines) is 1. The number of aromatic nitrogens is 2. The summed E-state index contributed by atoms with van der Waals surface area (Å²) in [6.45, 7) is 7.64. The van der Waals surface area contributed by atoms with Crippen LogP contribution in [0.4, 0.5) is 0 Å². The lowest BCUT2D eigenvalue weighted by Crippen LogP contribution is -2.44. The van der Waals surface area contributed by atoms with Gasteiger partial charge >= 0.3 is 0 Å². The summed E-state index contributed by atoms with van der Waals surface area (Å²) in [5.41, 5.74) is 2.20. The lowest BCUT2D eigenvalue weighted by Gasteiger charge is -2.38. The number of ether oxygens (including phenoxy) is 2. The molecule has 0 aromatic carbocycles. The van der Waals surface area contributed by atoms with Crippen LogP contribution >= 0.6 is 0 Å². The van der Waals surface area contributed by atoms with Gasteiger partial charge in [0.2, 0.25) is 0 Å². The number of piperidine rings is 1. The largest absolute Gasteiger partial charge is 0.486 e. The van der Waals surface area contributed by atoms with Crippen molar-refractivity contribution >= 4 is 0 Å². The zero-order chi connectivity index (χ0) is 17.3. The summed E-state index contributed by atoms with van der Waals surface area (Å²) in [6, 6.07) is 3.85. The number of hydrogen-bond acceptors (Lipinski definition) is 6. The van der Waals surface area contributed by atoms with Crippen LogP contribution < -0.4 is 4.74 Å².